The van der Waals surface area contributed by atoms with Gasteiger partial charge in [-0.15, -0.1) is 5.10 Å². The van der Waals surface area contributed by atoms with Crippen LogP contribution < -0.4 is 5.43 Å². The summed E-state index contributed by atoms with van der Waals surface area (Å²) in [5.41, 5.74) is 5.91. The second-order valence-corrected chi connectivity index (χ2v) is 4.63. The molecule has 0 saturated heterocycles. The van der Waals surface area contributed by atoms with Crippen LogP contribution in [0.25, 0.3) is 6.08 Å². The van der Waals surface area contributed by atoms with Crippen LogP contribution in [0.4, 0.5) is 0 Å². The number of hydrogen-bond donors (Lipinski definition) is 2. The molecule has 2 heterocycles. The van der Waals surface area contributed by atoms with E-state index in [0.29, 0.717) is 11.5 Å². The minimum Gasteiger partial charge on any atom is -0.473 e. The molecule has 2 rings (SSSR count). The first-order valence-electron chi connectivity index (χ1n) is 5.90. The van der Waals surface area contributed by atoms with Gasteiger partial charge in [0, 0.05) is 11.4 Å². The second-order valence-electron chi connectivity index (χ2n) is 4.63. The van der Waals surface area contributed by atoms with Gasteiger partial charge in [0.1, 0.15) is 5.57 Å². The number of aryl methyl sites for hydroxylation is 2. The molecule has 18 heavy (non-hydrogen) atoms. The van der Waals surface area contributed by atoms with Crippen LogP contribution in [-0.2, 0) is 9.53 Å². The van der Waals surface area contributed by atoms with Crippen LogP contribution in [-0.4, -0.2) is 22.9 Å². The Kier molecular flexibility index (Phi) is 3.23. The van der Waals surface area contributed by atoms with Crippen molar-refractivity contribution in [1.82, 2.24) is 10.4 Å². The third-order valence-corrected chi connectivity index (χ3v) is 2.56. The topological polar surface area (TPSA) is 66.5 Å². The molecule has 0 radical (unpaired) electrons. The SMILES string of the molecule is Cc1cc(C)c(C=C2C(=O)NN=C2OC(C)C)[nH]1. The fourth-order valence-electron chi connectivity index (χ4n) is 1.80. The van der Waals surface area contributed by atoms with Crippen molar-refractivity contribution in [2.24, 2.45) is 5.10 Å². The maximum absolute atomic E-state index is 11.7. The van der Waals surface area contributed by atoms with Crippen LogP contribution in [0.5, 0.6) is 0 Å². The summed E-state index contributed by atoms with van der Waals surface area (Å²) >= 11 is 0. The van der Waals surface area contributed by atoms with Crippen molar-refractivity contribution in [3.8, 4) is 0 Å². The summed E-state index contributed by atoms with van der Waals surface area (Å²) in [5, 5.41) is 3.88. The Morgan fingerprint density at radius 3 is 2.67 bits per heavy atom. The zero-order chi connectivity index (χ0) is 13.3. The Balaban J connectivity index is 2.32. The third kappa shape index (κ3) is 2.45. The van der Waals surface area contributed by atoms with Gasteiger partial charge in [0.15, 0.2) is 0 Å². The fourth-order valence-corrected chi connectivity index (χ4v) is 1.80. The van der Waals surface area contributed by atoms with Crippen LogP contribution in [0, 0.1) is 13.8 Å². The molecule has 0 atom stereocenters. The number of hydrogen-bond acceptors (Lipinski definition) is 3. The quantitative estimate of drug-likeness (QED) is 0.784. The fraction of sp³-hybridized carbons (Fsp3) is 0.385. The van der Waals surface area contributed by atoms with Crippen LogP contribution in [0.2, 0.25) is 0 Å². The van der Waals surface area contributed by atoms with Crippen LogP contribution in [0.3, 0.4) is 0 Å². The molecule has 0 aromatic carbocycles. The van der Waals surface area contributed by atoms with Crippen molar-refractivity contribution in [3.05, 3.63) is 28.6 Å². The lowest BCUT2D eigenvalue weighted by Gasteiger charge is -2.08. The first kappa shape index (κ1) is 12.4. The van der Waals surface area contributed by atoms with Gasteiger partial charge >= 0.3 is 0 Å². The van der Waals surface area contributed by atoms with E-state index in [0.717, 1.165) is 17.0 Å². The van der Waals surface area contributed by atoms with Gasteiger partial charge < -0.3 is 9.72 Å². The molecule has 0 spiro atoms. The second kappa shape index (κ2) is 4.68. The first-order valence-corrected chi connectivity index (χ1v) is 5.90. The van der Waals surface area contributed by atoms with Crippen molar-refractivity contribution in [2.75, 3.05) is 0 Å². The molecule has 0 unspecified atom stereocenters. The Hall–Kier alpha value is -2.04. The number of aromatic nitrogens is 1. The van der Waals surface area contributed by atoms with Gasteiger partial charge in [0.2, 0.25) is 5.90 Å². The molecule has 96 valence electrons. The summed E-state index contributed by atoms with van der Waals surface area (Å²) in [5.74, 6) is 0.110. The van der Waals surface area contributed by atoms with Crippen LogP contribution in [0.15, 0.2) is 16.7 Å². The zero-order valence-corrected chi connectivity index (χ0v) is 11.0. The van der Waals surface area contributed by atoms with E-state index in [1.807, 2.05) is 33.8 Å². The number of nitrogens with zero attached hydrogens (tertiary/aromatic N) is 1. The van der Waals surface area contributed by atoms with Crippen molar-refractivity contribution < 1.29 is 9.53 Å². The summed E-state index contributed by atoms with van der Waals surface area (Å²) in [6.45, 7) is 7.76. The molecular formula is C13H17N3O2. The third-order valence-electron chi connectivity index (χ3n) is 2.56. The molecular weight excluding hydrogens is 230 g/mol. The van der Waals surface area contributed by atoms with E-state index in [1.165, 1.54) is 0 Å². The number of aromatic amines is 1. The first-order chi connectivity index (χ1) is 8.47. The predicted octanol–water partition coefficient (Wildman–Crippen LogP) is 1.88. The van der Waals surface area contributed by atoms with E-state index in [2.05, 4.69) is 15.5 Å². The van der Waals surface area contributed by atoms with Crippen LogP contribution >= 0.6 is 0 Å². The summed E-state index contributed by atoms with van der Waals surface area (Å²) in [7, 11) is 0. The molecule has 1 aromatic rings. The minimum absolute atomic E-state index is 0.0219. The highest BCUT2D eigenvalue weighted by molar-refractivity contribution is 6.24. The molecule has 1 amide bonds. The maximum Gasteiger partial charge on any atom is 0.277 e. The average Bonchev–Trinajstić information content (AvgIpc) is 2.74. The predicted molar refractivity (Wildman–Crippen MR) is 70.0 cm³/mol. The molecule has 2 N–H and O–H groups in total. The van der Waals surface area contributed by atoms with Gasteiger partial charge in [0.05, 0.1) is 6.10 Å². The van der Waals surface area contributed by atoms with Gasteiger partial charge in [-0.05, 0) is 45.4 Å². The smallest absolute Gasteiger partial charge is 0.277 e. The lowest BCUT2D eigenvalue weighted by Crippen LogP contribution is -2.16. The molecule has 0 bridgehead atoms. The number of amides is 1. The highest BCUT2D eigenvalue weighted by Gasteiger charge is 2.25. The molecule has 1 aliphatic heterocycles. The number of carbonyl (C=O) groups is 1. The van der Waals surface area contributed by atoms with E-state index in [4.69, 9.17) is 4.74 Å². The normalized spacial score (nSPS) is 17.3. The van der Waals surface area contributed by atoms with Crippen molar-refractivity contribution >= 4 is 17.9 Å². The van der Waals surface area contributed by atoms with E-state index in [-0.39, 0.29) is 12.0 Å². The van der Waals surface area contributed by atoms with E-state index >= 15 is 0 Å². The Morgan fingerprint density at radius 2 is 2.11 bits per heavy atom. The van der Waals surface area contributed by atoms with Crippen LogP contribution in [0.1, 0.15) is 30.8 Å². The Morgan fingerprint density at radius 1 is 1.39 bits per heavy atom. The van der Waals surface area contributed by atoms with Crippen molar-refractivity contribution in [2.45, 2.75) is 33.8 Å². The molecule has 5 nitrogen and oxygen atoms in total. The zero-order valence-electron chi connectivity index (χ0n) is 11.0. The standard InChI is InChI=1S/C13H17N3O2/c1-7(2)18-13-10(12(17)15-16-13)6-11-8(3)5-9(4)14-11/h5-7,14H,1-4H3,(H,15,17). The summed E-state index contributed by atoms with van der Waals surface area (Å²) in [6, 6.07) is 2.03. The highest BCUT2D eigenvalue weighted by atomic mass is 16.5. The van der Waals surface area contributed by atoms with Gasteiger partial charge in [-0.2, -0.15) is 0 Å². The molecule has 1 aliphatic rings. The van der Waals surface area contributed by atoms with E-state index in [9.17, 15) is 4.79 Å². The molecule has 5 heteroatoms. The largest absolute Gasteiger partial charge is 0.473 e. The summed E-state index contributed by atoms with van der Waals surface area (Å²) in [4.78, 5) is 14.9. The molecule has 0 aliphatic carbocycles. The van der Waals surface area contributed by atoms with Gasteiger partial charge in [-0.1, -0.05) is 0 Å². The number of ether oxygens (including phenoxy) is 1. The molecule has 1 aromatic heterocycles. The number of hydrazone groups is 1. The molecule has 0 fully saturated rings. The van der Waals surface area contributed by atoms with Gasteiger partial charge in [-0.3, -0.25) is 4.79 Å². The van der Waals surface area contributed by atoms with E-state index < -0.39 is 0 Å². The average molecular weight is 247 g/mol. The lowest BCUT2D eigenvalue weighted by atomic mass is 10.1. The summed E-state index contributed by atoms with van der Waals surface area (Å²) in [6.07, 6.45) is 1.75. The molecule has 0 saturated carbocycles. The Bertz CT molecular complexity index is 538. The van der Waals surface area contributed by atoms with Gasteiger partial charge in [-0.25, -0.2) is 5.43 Å². The number of H-pyrrole nitrogens is 1. The van der Waals surface area contributed by atoms with Crippen molar-refractivity contribution in [1.29, 1.82) is 0 Å². The summed E-state index contributed by atoms with van der Waals surface area (Å²) < 4.78 is 5.50. The minimum atomic E-state index is -0.239. The van der Waals surface area contributed by atoms with Gasteiger partial charge in [0.25, 0.3) is 5.91 Å². The Labute approximate surface area is 106 Å². The highest BCUT2D eigenvalue weighted by Crippen LogP contribution is 2.17. The number of nitrogens with one attached hydrogen (secondary N) is 2. The lowest BCUT2D eigenvalue weighted by molar-refractivity contribution is -0.116. The maximum atomic E-state index is 11.7. The monoisotopic (exact) mass is 247 g/mol. The number of rotatable bonds is 2. The number of carbonyl (C=O) groups excluding carboxylic acids is 1. The van der Waals surface area contributed by atoms with E-state index in [1.54, 1.807) is 6.08 Å². The van der Waals surface area contributed by atoms with Crippen molar-refractivity contribution in [3.63, 3.8) is 0 Å².